The van der Waals surface area contributed by atoms with Crippen molar-refractivity contribution in [2.45, 2.75) is 45.6 Å². The maximum Gasteiger partial charge on any atom is 0.292 e. The molecule has 1 aliphatic heterocycles. The largest absolute Gasteiger partial charge is 0.391 e. The average Bonchev–Trinajstić information content (AvgIpc) is 3.15. The van der Waals surface area contributed by atoms with Crippen molar-refractivity contribution >= 4 is 17.2 Å². The molecule has 130 valence electrons. The van der Waals surface area contributed by atoms with Crippen LogP contribution in [0.4, 0.5) is 0 Å². The van der Waals surface area contributed by atoms with Gasteiger partial charge in [-0.2, -0.15) is 0 Å². The molecule has 0 aliphatic carbocycles. The lowest BCUT2D eigenvalue weighted by Crippen LogP contribution is -2.45. The molecule has 2 aromatic heterocycles. The topological polar surface area (TPSA) is 66.6 Å². The Bertz CT molecular complexity index is 707. The van der Waals surface area contributed by atoms with Gasteiger partial charge in [-0.25, -0.2) is 0 Å². The number of β-amino-alcohol motifs (C(OH)–C–C–N with tert-alkyl or cyclic N) is 1. The third kappa shape index (κ3) is 3.54. The minimum atomic E-state index is -0.543. The number of carbonyl (C=O) groups excluding carboxylic acids is 1. The number of hydrogen-bond donors (Lipinski definition) is 1. The number of aliphatic hydroxyl groups excluding tert-OH is 1. The van der Waals surface area contributed by atoms with Crippen LogP contribution in [-0.2, 0) is 6.42 Å². The van der Waals surface area contributed by atoms with Crippen LogP contribution >= 0.6 is 11.3 Å². The lowest BCUT2D eigenvalue weighted by molar-refractivity contribution is 0.0358. The van der Waals surface area contributed by atoms with Crippen LogP contribution in [0.5, 0.6) is 0 Å². The fourth-order valence-corrected chi connectivity index (χ4v) is 4.39. The molecule has 1 fully saturated rings. The summed E-state index contributed by atoms with van der Waals surface area (Å²) in [7, 11) is 0. The summed E-state index contributed by atoms with van der Waals surface area (Å²) in [6, 6.07) is 3.80. The number of aliphatic hydroxyl groups is 1. The van der Waals surface area contributed by atoms with E-state index in [1.165, 1.54) is 10.4 Å². The molecule has 0 spiro atoms. The molecule has 1 N–H and O–H groups in total. The molecule has 24 heavy (non-hydrogen) atoms. The van der Waals surface area contributed by atoms with E-state index in [1.807, 2.05) is 0 Å². The Kier molecular flexibility index (Phi) is 5.06. The maximum atomic E-state index is 12.6. The highest BCUT2D eigenvalue weighted by molar-refractivity contribution is 7.10. The van der Waals surface area contributed by atoms with Gasteiger partial charge in [0, 0.05) is 30.0 Å². The second-order valence-corrected chi connectivity index (χ2v) is 7.91. The Labute approximate surface area is 146 Å². The Balaban J connectivity index is 1.66. The summed E-state index contributed by atoms with van der Waals surface area (Å²) in [5.41, 5.74) is 2.02. The van der Waals surface area contributed by atoms with E-state index >= 15 is 0 Å². The minimum Gasteiger partial charge on any atom is -0.391 e. The van der Waals surface area contributed by atoms with Gasteiger partial charge >= 0.3 is 0 Å². The number of piperidine rings is 1. The molecule has 0 unspecified atom stereocenters. The van der Waals surface area contributed by atoms with Gasteiger partial charge in [-0.05, 0) is 42.7 Å². The summed E-state index contributed by atoms with van der Waals surface area (Å²) in [5, 5.41) is 16.6. The van der Waals surface area contributed by atoms with Crippen molar-refractivity contribution in [2.75, 3.05) is 13.1 Å². The molecule has 2 aromatic rings. The van der Waals surface area contributed by atoms with Gasteiger partial charge in [-0.3, -0.25) is 4.79 Å². The molecule has 1 saturated heterocycles. The van der Waals surface area contributed by atoms with Crippen molar-refractivity contribution in [3.63, 3.8) is 0 Å². The lowest BCUT2D eigenvalue weighted by Gasteiger charge is -2.35. The number of thiophene rings is 1. The van der Waals surface area contributed by atoms with Crippen molar-refractivity contribution in [3.05, 3.63) is 39.4 Å². The monoisotopic (exact) mass is 348 g/mol. The number of carbonyl (C=O) groups is 1. The van der Waals surface area contributed by atoms with Crippen LogP contribution in [0.2, 0.25) is 0 Å². The first kappa shape index (κ1) is 17.2. The van der Waals surface area contributed by atoms with Crippen molar-refractivity contribution in [2.24, 2.45) is 5.92 Å². The molecule has 2 atom stereocenters. The molecule has 0 aromatic carbocycles. The first-order valence-corrected chi connectivity index (χ1v) is 9.30. The first-order chi connectivity index (χ1) is 11.5. The highest BCUT2D eigenvalue weighted by Gasteiger charge is 2.34. The van der Waals surface area contributed by atoms with Crippen molar-refractivity contribution in [3.8, 4) is 0 Å². The van der Waals surface area contributed by atoms with Crippen LogP contribution in [-0.4, -0.2) is 40.3 Å². The number of aryl methyl sites for hydroxylation is 1. The summed E-state index contributed by atoms with van der Waals surface area (Å²) in [6.07, 6.45) is 1.01. The molecule has 3 rings (SSSR count). The molecule has 5 nitrogen and oxygen atoms in total. The summed E-state index contributed by atoms with van der Waals surface area (Å²) in [6.45, 7) is 7.23. The molecule has 1 aliphatic rings. The molecule has 3 heterocycles. The van der Waals surface area contributed by atoms with Gasteiger partial charge in [-0.1, -0.05) is 19.0 Å². The van der Waals surface area contributed by atoms with Gasteiger partial charge in [0.05, 0.1) is 11.8 Å². The number of likely N-dealkylation sites (tertiary alicyclic amines) is 1. The highest BCUT2D eigenvalue weighted by Crippen LogP contribution is 2.34. The second-order valence-electron chi connectivity index (χ2n) is 6.96. The van der Waals surface area contributed by atoms with Crippen LogP contribution in [0, 0.1) is 12.8 Å². The molecule has 0 bridgehead atoms. The fraction of sp³-hybridized carbons (Fsp3) is 0.556. The van der Waals surface area contributed by atoms with E-state index in [1.54, 1.807) is 22.3 Å². The third-order valence-corrected chi connectivity index (χ3v) is 5.65. The van der Waals surface area contributed by atoms with Crippen LogP contribution in [0.15, 0.2) is 22.0 Å². The number of nitrogens with zero attached hydrogens (tertiary/aromatic N) is 2. The van der Waals surface area contributed by atoms with Crippen molar-refractivity contribution < 1.29 is 14.4 Å². The van der Waals surface area contributed by atoms with Crippen LogP contribution in [0.25, 0.3) is 0 Å². The number of aromatic nitrogens is 1. The standard InChI is InChI=1S/C18H24N2O3S/c1-11(2)8-13-9-16(23-19-13)18(22)20-6-4-14(15(21)10-20)17-12(3)5-7-24-17/h5,7,9,11,14-15,21H,4,6,8,10H2,1-3H3/t14-,15-/m1/s1. The lowest BCUT2D eigenvalue weighted by atomic mass is 9.90. The molecule has 6 heteroatoms. The molecule has 1 amide bonds. The predicted molar refractivity (Wildman–Crippen MR) is 93.4 cm³/mol. The second kappa shape index (κ2) is 7.07. The van der Waals surface area contributed by atoms with E-state index in [-0.39, 0.29) is 17.6 Å². The van der Waals surface area contributed by atoms with E-state index in [9.17, 15) is 9.90 Å². The van der Waals surface area contributed by atoms with Crippen LogP contribution < -0.4 is 0 Å². The quantitative estimate of drug-likeness (QED) is 0.921. The fourth-order valence-electron chi connectivity index (χ4n) is 3.27. The van der Waals surface area contributed by atoms with Gasteiger partial charge in [0.2, 0.25) is 5.76 Å². The molecule has 0 radical (unpaired) electrons. The van der Waals surface area contributed by atoms with Crippen molar-refractivity contribution in [1.29, 1.82) is 0 Å². The maximum absolute atomic E-state index is 12.6. The average molecular weight is 348 g/mol. The summed E-state index contributed by atoms with van der Waals surface area (Å²) < 4.78 is 5.21. The van der Waals surface area contributed by atoms with E-state index in [0.717, 1.165) is 18.5 Å². The minimum absolute atomic E-state index is 0.111. The van der Waals surface area contributed by atoms with Crippen LogP contribution in [0.3, 0.4) is 0 Å². The van der Waals surface area contributed by atoms with Crippen LogP contribution in [0.1, 0.15) is 52.9 Å². The number of amides is 1. The number of rotatable bonds is 4. The zero-order valence-corrected chi connectivity index (χ0v) is 15.2. The van der Waals surface area contributed by atoms with Gasteiger partial charge < -0.3 is 14.5 Å². The smallest absolute Gasteiger partial charge is 0.292 e. The van der Waals surface area contributed by atoms with E-state index in [2.05, 4.69) is 37.4 Å². The SMILES string of the molecule is Cc1ccsc1[C@@H]1CCN(C(=O)c2cc(CC(C)C)no2)C[C@H]1O. The molecule has 0 saturated carbocycles. The zero-order valence-electron chi connectivity index (χ0n) is 14.4. The van der Waals surface area contributed by atoms with Gasteiger partial charge in [0.15, 0.2) is 0 Å². The highest BCUT2D eigenvalue weighted by atomic mass is 32.1. The number of hydrogen-bond acceptors (Lipinski definition) is 5. The Hall–Kier alpha value is -1.66. The zero-order chi connectivity index (χ0) is 17.3. The van der Waals surface area contributed by atoms with Gasteiger partial charge in [-0.15, -0.1) is 11.3 Å². The first-order valence-electron chi connectivity index (χ1n) is 8.42. The van der Waals surface area contributed by atoms with Crippen molar-refractivity contribution in [1.82, 2.24) is 10.1 Å². The third-order valence-electron chi connectivity index (χ3n) is 4.49. The van der Waals surface area contributed by atoms with E-state index in [4.69, 9.17) is 4.52 Å². The Morgan fingerprint density at radius 3 is 2.96 bits per heavy atom. The van der Waals surface area contributed by atoms with Gasteiger partial charge in [0.1, 0.15) is 0 Å². The molecular weight excluding hydrogens is 324 g/mol. The Morgan fingerprint density at radius 2 is 2.33 bits per heavy atom. The Morgan fingerprint density at radius 1 is 1.54 bits per heavy atom. The summed E-state index contributed by atoms with van der Waals surface area (Å²) in [4.78, 5) is 15.5. The molecular formula is C18H24N2O3S. The summed E-state index contributed by atoms with van der Waals surface area (Å²) >= 11 is 1.68. The predicted octanol–water partition coefficient (Wildman–Crippen LogP) is 3.23. The van der Waals surface area contributed by atoms with E-state index < -0.39 is 6.10 Å². The summed E-state index contributed by atoms with van der Waals surface area (Å²) in [5.74, 6) is 0.659. The van der Waals surface area contributed by atoms with Gasteiger partial charge in [0.25, 0.3) is 5.91 Å². The normalized spacial score (nSPS) is 21.5. The van der Waals surface area contributed by atoms with E-state index in [0.29, 0.717) is 19.0 Å².